The van der Waals surface area contributed by atoms with Crippen LogP contribution >= 0.6 is 0 Å². The molecule has 0 radical (unpaired) electrons. The minimum atomic E-state index is -1.27. The lowest BCUT2D eigenvalue weighted by molar-refractivity contribution is -0.136. The fourth-order valence-electron chi connectivity index (χ4n) is 2.19. The average Bonchev–Trinajstić information content (AvgIpc) is 2.25. The molecule has 1 aliphatic heterocycles. The molecule has 100 valence electrons. The summed E-state index contributed by atoms with van der Waals surface area (Å²) in [4.78, 5) is 13.9. The van der Waals surface area contributed by atoms with Gasteiger partial charge in [-0.1, -0.05) is 6.42 Å². The minimum Gasteiger partial charge on any atom is -0.381 e. The number of carbonyl (C=O) groups is 1. The second-order valence-electron chi connectivity index (χ2n) is 5.55. The van der Waals surface area contributed by atoms with Crippen LogP contribution in [0.25, 0.3) is 0 Å². The normalized spacial score (nSPS) is 22.5. The Morgan fingerprint density at radius 2 is 2.18 bits per heavy atom. The molecule has 0 aromatic carbocycles. The van der Waals surface area contributed by atoms with Crippen LogP contribution in [0.4, 0.5) is 0 Å². The van der Waals surface area contributed by atoms with E-state index in [1.54, 1.807) is 0 Å². The van der Waals surface area contributed by atoms with Gasteiger partial charge in [-0.15, -0.1) is 0 Å². The standard InChI is InChI=1S/C13H26N2O2/c1-11-7-4-5-9-15(11)10-6-8-14-12(16)13(2,3)17/h11,17H,4-10H2,1-3H3,(H,14,16). The van der Waals surface area contributed by atoms with E-state index in [1.165, 1.54) is 39.7 Å². The first-order chi connectivity index (χ1) is 7.91. The van der Waals surface area contributed by atoms with Crippen LogP contribution in [-0.4, -0.2) is 47.2 Å². The third-order valence-electron chi connectivity index (χ3n) is 3.40. The molecule has 0 spiro atoms. The number of carbonyl (C=O) groups excluding carboxylic acids is 1. The van der Waals surface area contributed by atoms with E-state index in [2.05, 4.69) is 17.1 Å². The smallest absolute Gasteiger partial charge is 0.251 e. The number of amides is 1. The van der Waals surface area contributed by atoms with Gasteiger partial charge in [0.2, 0.25) is 0 Å². The summed E-state index contributed by atoms with van der Waals surface area (Å²) in [7, 11) is 0. The van der Waals surface area contributed by atoms with Gasteiger partial charge in [0.15, 0.2) is 0 Å². The molecule has 0 aromatic heterocycles. The molecular formula is C13H26N2O2. The Bertz CT molecular complexity index is 248. The summed E-state index contributed by atoms with van der Waals surface area (Å²) in [6, 6.07) is 0.675. The van der Waals surface area contributed by atoms with Crippen LogP contribution in [-0.2, 0) is 4.79 Å². The van der Waals surface area contributed by atoms with Crippen LogP contribution in [0.2, 0.25) is 0 Å². The maximum absolute atomic E-state index is 11.4. The molecule has 0 saturated carbocycles. The van der Waals surface area contributed by atoms with Crippen LogP contribution in [0.1, 0.15) is 46.5 Å². The molecule has 1 rings (SSSR count). The third kappa shape index (κ3) is 5.04. The van der Waals surface area contributed by atoms with Gasteiger partial charge in [-0.3, -0.25) is 4.79 Å². The van der Waals surface area contributed by atoms with Crippen molar-refractivity contribution in [3.8, 4) is 0 Å². The lowest BCUT2D eigenvalue weighted by Gasteiger charge is -2.33. The summed E-state index contributed by atoms with van der Waals surface area (Å²) in [6.45, 7) is 8.15. The number of aliphatic hydroxyl groups is 1. The van der Waals surface area contributed by atoms with Crippen LogP contribution in [0, 0.1) is 0 Å². The topological polar surface area (TPSA) is 52.6 Å². The highest BCUT2D eigenvalue weighted by Gasteiger charge is 2.23. The number of likely N-dealkylation sites (tertiary alicyclic amines) is 1. The predicted molar refractivity (Wildman–Crippen MR) is 68.8 cm³/mol. The van der Waals surface area contributed by atoms with Gasteiger partial charge in [-0.2, -0.15) is 0 Å². The van der Waals surface area contributed by atoms with E-state index in [0.717, 1.165) is 13.0 Å². The van der Waals surface area contributed by atoms with Crippen LogP contribution in [0.15, 0.2) is 0 Å². The van der Waals surface area contributed by atoms with Gasteiger partial charge in [0.05, 0.1) is 0 Å². The van der Waals surface area contributed by atoms with E-state index >= 15 is 0 Å². The van der Waals surface area contributed by atoms with E-state index in [-0.39, 0.29) is 5.91 Å². The number of piperidine rings is 1. The molecule has 0 aliphatic carbocycles. The van der Waals surface area contributed by atoms with Gasteiger partial charge in [-0.25, -0.2) is 0 Å². The average molecular weight is 242 g/mol. The quantitative estimate of drug-likeness (QED) is 0.711. The lowest BCUT2D eigenvalue weighted by atomic mass is 10.0. The molecule has 2 N–H and O–H groups in total. The first-order valence-corrected chi connectivity index (χ1v) is 6.66. The Morgan fingerprint density at radius 3 is 2.76 bits per heavy atom. The van der Waals surface area contributed by atoms with Crippen molar-refractivity contribution in [2.45, 2.75) is 58.1 Å². The van der Waals surface area contributed by atoms with Gasteiger partial charge >= 0.3 is 0 Å². The number of hydrogen-bond donors (Lipinski definition) is 2. The van der Waals surface area contributed by atoms with Gasteiger partial charge in [-0.05, 0) is 46.6 Å². The van der Waals surface area contributed by atoms with Gasteiger partial charge < -0.3 is 15.3 Å². The van der Waals surface area contributed by atoms with Crippen molar-refractivity contribution in [2.24, 2.45) is 0 Å². The van der Waals surface area contributed by atoms with Crippen LogP contribution in [0.5, 0.6) is 0 Å². The van der Waals surface area contributed by atoms with Gasteiger partial charge in [0.1, 0.15) is 5.60 Å². The van der Waals surface area contributed by atoms with E-state index in [4.69, 9.17) is 0 Å². The zero-order valence-corrected chi connectivity index (χ0v) is 11.3. The molecule has 4 heteroatoms. The van der Waals surface area contributed by atoms with Crippen molar-refractivity contribution in [2.75, 3.05) is 19.6 Å². The SMILES string of the molecule is CC1CCCCN1CCCNC(=O)C(C)(C)O. The monoisotopic (exact) mass is 242 g/mol. The Hall–Kier alpha value is -0.610. The highest BCUT2D eigenvalue weighted by atomic mass is 16.3. The molecule has 4 nitrogen and oxygen atoms in total. The molecule has 1 saturated heterocycles. The van der Waals surface area contributed by atoms with E-state index in [9.17, 15) is 9.90 Å². The largest absolute Gasteiger partial charge is 0.381 e. The van der Waals surface area contributed by atoms with Crippen molar-refractivity contribution in [1.29, 1.82) is 0 Å². The van der Waals surface area contributed by atoms with Gasteiger partial charge in [0.25, 0.3) is 5.91 Å². The molecule has 1 fully saturated rings. The molecule has 1 heterocycles. The van der Waals surface area contributed by atoms with E-state index in [0.29, 0.717) is 12.6 Å². The maximum Gasteiger partial charge on any atom is 0.251 e. The summed E-state index contributed by atoms with van der Waals surface area (Å²) >= 11 is 0. The first kappa shape index (κ1) is 14.5. The summed E-state index contributed by atoms with van der Waals surface area (Å²) in [6.07, 6.45) is 4.87. The summed E-state index contributed by atoms with van der Waals surface area (Å²) in [5.41, 5.74) is -1.27. The van der Waals surface area contributed by atoms with Crippen molar-refractivity contribution in [3.05, 3.63) is 0 Å². The molecule has 1 aliphatic rings. The summed E-state index contributed by atoms with van der Waals surface area (Å²) in [5.74, 6) is -0.288. The third-order valence-corrected chi connectivity index (χ3v) is 3.40. The number of hydrogen-bond acceptors (Lipinski definition) is 3. The Morgan fingerprint density at radius 1 is 1.47 bits per heavy atom. The highest BCUT2D eigenvalue weighted by molar-refractivity contribution is 5.83. The maximum atomic E-state index is 11.4. The van der Waals surface area contributed by atoms with Crippen LogP contribution in [0.3, 0.4) is 0 Å². The molecular weight excluding hydrogens is 216 g/mol. The van der Waals surface area contributed by atoms with Crippen LogP contribution < -0.4 is 5.32 Å². The summed E-state index contributed by atoms with van der Waals surface area (Å²) < 4.78 is 0. The van der Waals surface area contributed by atoms with Crippen molar-refractivity contribution < 1.29 is 9.90 Å². The predicted octanol–water partition coefficient (Wildman–Crippen LogP) is 1.14. The molecule has 0 bridgehead atoms. The second-order valence-corrected chi connectivity index (χ2v) is 5.55. The fraction of sp³-hybridized carbons (Fsp3) is 0.923. The Labute approximate surface area is 104 Å². The Kier molecular flexibility index (Phi) is 5.40. The van der Waals surface area contributed by atoms with Crippen molar-refractivity contribution >= 4 is 5.91 Å². The first-order valence-electron chi connectivity index (χ1n) is 6.66. The highest BCUT2D eigenvalue weighted by Crippen LogP contribution is 2.16. The lowest BCUT2D eigenvalue weighted by Crippen LogP contribution is -2.43. The van der Waals surface area contributed by atoms with Crippen molar-refractivity contribution in [1.82, 2.24) is 10.2 Å². The zero-order valence-electron chi connectivity index (χ0n) is 11.3. The zero-order chi connectivity index (χ0) is 12.9. The molecule has 17 heavy (non-hydrogen) atoms. The number of rotatable bonds is 5. The van der Waals surface area contributed by atoms with Crippen molar-refractivity contribution in [3.63, 3.8) is 0 Å². The molecule has 0 aromatic rings. The fourth-order valence-corrected chi connectivity index (χ4v) is 2.19. The summed E-state index contributed by atoms with van der Waals surface area (Å²) in [5, 5.41) is 12.2. The minimum absolute atomic E-state index is 0.288. The Balaban J connectivity index is 2.13. The van der Waals surface area contributed by atoms with E-state index < -0.39 is 5.60 Å². The molecule has 1 unspecified atom stereocenters. The molecule has 1 amide bonds. The second kappa shape index (κ2) is 6.36. The molecule has 1 atom stereocenters. The number of nitrogens with zero attached hydrogens (tertiary/aromatic N) is 1. The number of nitrogens with one attached hydrogen (secondary N) is 1. The van der Waals surface area contributed by atoms with Gasteiger partial charge in [0, 0.05) is 19.1 Å². The van der Waals surface area contributed by atoms with E-state index in [1.807, 2.05) is 0 Å².